The summed E-state index contributed by atoms with van der Waals surface area (Å²) in [5.74, 6) is 0. The molecule has 0 saturated heterocycles. The van der Waals surface area contributed by atoms with Gasteiger partial charge in [0, 0.05) is 30.1 Å². The van der Waals surface area contributed by atoms with Crippen LogP contribution in [0.2, 0.25) is 0 Å². The molecule has 1 aliphatic carbocycles. The quantitative estimate of drug-likeness (QED) is 0.690. The van der Waals surface area contributed by atoms with E-state index in [1.54, 1.807) is 16.4 Å². The van der Waals surface area contributed by atoms with Gasteiger partial charge in [0.15, 0.2) is 0 Å². The molecular weight excluding hydrogens is 372 g/mol. The van der Waals surface area contributed by atoms with Gasteiger partial charge < -0.3 is 5.32 Å². The van der Waals surface area contributed by atoms with E-state index < -0.39 is 10.0 Å². The van der Waals surface area contributed by atoms with E-state index in [1.165, 1.54) is 11.3 Å². The van der Waals surface area contributed by atoms with E-state index >= 15 is 0 Å². The van der Waals surface area contributed by atoms with Gasteiger partial charge in [-0.1, -0.05) is 19.9 Å². The number of rotatable bonds is 8. The predicted molar refractivity (Wildman–Crippen MR) is 91.1 cm³/mol. The third kappa shape index (κ3) is 4.16. The van der Waals surface area contributed by atoms with Crippen molar-refractivity contribution >= 4 is 37.3 Å². The molecule has 0 spiro atoms. The number of nitrogens with one attached hydrogen (secondary N) is 1. The minimum absolute atomic E-state index is 0.136. The minimum atomic E-state index is -3.45. The first kappa shape index (κ1) is 17.1. The van der Waals surface area contributed by atoms with Crippen LogP contribution in [-0.4, -0.2) is 31.4 Å². The zero-order valence-corrected chi connectivity index (χ0v) is 15.5. The van der Waals surface area contributed by atoms with E-state index in [0.717, 1.165) is 17.7 Å². The van der Waals surface area contributed by atoms with Gasteiger partial charge in [-0.25, -0.2) is 8.42 Å². The van der Waals surface area contributed by atoms with Crippen molar-refractivity contribution in [3.63, 3.8) is 0 Å². The second-order valence-electron chi connectivity index (χ2n) is 5.48. The smallest absolute Gasteiger partial charge is 0.245 e. The molecule has 0 atom stereocenters. The fourth-order valence-corrected chi connectivity index (χ4v) is 6.27. The summed E-state index contributed by atoms with van der Waals surface area (Å²) in [6.45, 7) is 8.86. The first-order valence-corrected chi connectivity index (χ1v) is 10.1. The molecule has 0 aromatic carbocycles. The van der Waals surface area contributed by atoms with Gasteiger partial charge in [-0.2, -0.15) is 4.31 Å². The lowest BCUT2D eigenvalue weighted by molar-refractivity contribution is 0.436. The van der Waals surface area contributed by atoms with Crippen LogP contribution < -0.4 is 5.32 Å². The van der Waals surface area contributed by atoms with Gasteiger partial charge in [-0.05, 0) is 34.8 Å². The first-order valence-electron chi connectivity index (χ1n) is 7.00. The molecular formula is C14H21BrN2O2S2. The molecule has 0 aliphatic heterocycles. The molecule has 1 fully saturated rings. The summed E-state index contributed by atoms with van der Waals surface area (Å²) in [5.41, 5.74) is 0. The molecule has 1 aliphatic rings. The highest BCUT2D eigenvalue weighted by Crippen LogP contribution is 2.37. The average molecular weight is 393 g/mol. The van der Waals surface area contributed by atoms with Crippen LogP contribution in [0.3, 0.4) is 0 Å². The standard InChI is InChI=1S/C14H21BrN2O2S2/c1-4-7-17(11-5-6-11)21(18,19)13-8-12(20-14(13)15)9-16-10(2)3/h4,8,10-11,16H,1,5-7,9H2,2-3H3. The van der Waals surface area contributed by atoms with Crippen LogP contribution in [0.5, 0.6) is 0 Å². The number of halogens is 1. The van der Waals surface area contributed by atoms with Crippen molar-refractivity contribution in [3.8, 4) is 0 Å². The zero-order chi connectivity index (χ0) is 15.6. The van der Waals surface area contributed by atoms with Crippen molar-refractivity contribution in [2.24, 2.45) is 0 Å². The molecule has 0 radical (unpaired) electrons. The molecule has 21 heavy (non-hydrogen) atoms. The molecule has 4 nitrogen and oxygen atoms in total. The summed E-state index contributed by atoms with van der Waals surface area (Å²) in [6, 6.07) is 2.28. The maximum atomic E-state index is 12.8. The second kappa shape index (κ2) is 6.91. The van der Waals surface area contributed by atoms with Crippen LogP contribution in [0.4, 0.5) is 0 Å². The summed E-state index contributed by atoms with van der Waals surface area (Å²) in [4.78, 5) is 1.39. The van der Waals surface area contributed by atoms with E-state index in [-0.39, 0.29) is 6.04 Å². The van der Waals surface area contributed by atoms with Crippen molar-refractivity contribution in [2.45, 2.75) is 50.2 Å². The molecule has 1 N–H and O–H groups in total. The van der Waals surface area contributed by atoms with E-state index in [0.29, 0.717) is 27.8 Å². The topological polar surface area (TPSA) is 49.4 Å². The van der Waals surface area contributed by atoms with Crippen molar-refractivity contribution < 1.29 is 8.42 Å². The predicted octanol–water partition coefficient (Wildman–Crippen LogP) is 3.35. The maximum Gasteiger partial charge on any atom is 0.245 e. The monoisotopic (exact) mass is 392 g/mol. The Morgan fingerprint density at radius 3 is 2.76 bits per heavy atom. The zero-order valence-electron chi connectivity index (χ0n) is 12.3. The van der Waals surface area contributed by atoms with Crippen LogP contribution in [0, 0.1) is 0 Å². The van der Waals surface area contributed by atoms with Crippen LogP contribution in [0.15, 0.2) is 27.4 Å². The van der Waals surface area contributed by atoms with E-state index in [1.807, 2.05) is 0 Å². The largest absolute Gasteiger partial charge is 0.310 e. The van der Waals surface area contributed by atoms with E-state index in [2.05, 4.69) is 41.7 Å². The summed E-state index contributed by atoms with van der Waals surface area (Å²) in [7, 11) is -3.45. The lowest BCUT2D eigenvalue weighted by Gasteiger charge is -2.19. The molecule has 1 saturated carbocycles. The lowest BCUT2D eigenvalue weighted by Crippen LogP contribution is -2.33. The lowest BCUT2D eigenvalue weighted by atomic mass is 10.4. The Labute approximate surface area is 139 Å². The summed E-state index contributed by atoms with van der Waals surface area (Å²) in [6.07, 6.45) is 3.53. The molecule has 118 valence electrons. The Morgan fingerprint density at radius 1 is 1.57 bits per heavy atom. The van der Waals surface area contributed by atoms with Gasteiger partial charge in [0.25, 0.3) is 0 Å². The Balaban J connectivity index is 2.24. The second-order valence-corrected chi connectivity index (χ2v) is 9.79. The minimum Gasteiger partial charge on any atom is -0.310 e. The fraction of sp³-hybridized carbons (Fsp3) is 0.571. The van der Waals surface area contributed by atoms with Gasteiger partial charge >= 0.3 is 0 Å². The van der Waals surface area contributed by atoms with Crippen molar-refractivity contribution in [3.05, 3.63) is 27.4 Å². The van der Waals surface area contributed by atoms with Crippen molar-refractivity contribution in [2.75, 3.05) is 6.54 Å². The molecule has 0 unspecified atom stereocenters. The molecule has 0 bridgehead atoms. The molecule has 1 aromatic rings. The van der Waals surface area contributed by atoms with Crippen LogP contribution in [0.1, 0.15) is 31.6 Å². The highest BCUT2D eigenvalue weighted by Gasteiger charge is 2.38. The normalized spacial score (nSPS) is 15.9. The van der Waals surface area contributed by atoms with Gasteiger partial charge in [-0.15, -0.1) is 17.9 Å². The Bertz CT molecular complexity index is 606. The average Bonchev–Trinajstić information content (AvgIpc) is 3.16. The van der Waals surface area contributed by atoms with Crippen molar-refractivity contribution in [1.82, 2.24) is 9.62 Å². The fourth-order valence-electron chi connectivity index (χ4n) is 2.03. The first-order chi connectivity index (χ1) is 9.86. The third-order valence-electron chi connectivity index (χ3n) is 3.24. The van der Waals surface area contributed by atoms with Crippen molar-refractivity contribution in [1.29, 1.82) is 0 Å². The summed E-state index contributed by atoms with van der Waals surface area (Å²) < 4.78 is 27.9. The highest BCUT2D eigenvalue weighted by atomic mass is 79.9. The van der Waals surface area contributed by atoms with Gasteiger partial charge in [0.2, 0.25) is 10.0 Å². The number of sulfonamides is 1. The molecule has 1 heterocycles. The van der Waals surface area contributed by atoms with Crippen LogP contribution in [-0.2, 0) is 16.6 Å². The maximum absolute atomic E-state index is 12.8. The number of thiophene rings is 1. The Kier molecular flexibility index (Phi) is 5.65. The molecule has 7 heteroatoms. The Hall–Kier alpha value is -0.210. The number of hydrogen-bond acceptors (Lipinski definition) is 4. The molecule has 2 rings (SSSR count). The third-order valence-corrected chi connectivity index (χ3v) is 7.41. The highest BCUT2D eigenvalue weighted by molar-refractivity contribution is 9.11. The number of nitrogens with zero attached hydrogens (tertiary/aromatic N) is 1. The SMILES string of the molecule is C=CCN(C1CC1)S(=O)(=O)c1cc(CNC(C)C)sc1Br. The molecule has 0 amide bonds. The van der Waals surface area contributed by atoms with E-state index in [9.17, 15) is 8.42 Å². The van der Waals surface area contributed by atoms with Gasteiger partial charge in [0.05, 0.1) is 3.79 Å². The van der Waals surface area contributed by atoms with Gasteiger partial charge in [-0.3, -0.25) is 0 Å². The molecule has 1 aromatic heterocycles. The summed E-state index contributed by atoms with van der Waals surface area (Å²) in [5, 5.41) is 3.31. The van der Waals surface area contributed by atoms with Crippen LogP contribution >= 0.6 is 27.3 Å². The summed E-state index contributed by atoms with van der Waals surface area (Å²) >= 11 is 4.88. The number of hydrogen-bond donors (Lipinski definition) is 1. The Morgan fingerprint density at radius 2 is 2.24 bits per heavy atom. The van der Waals surface area contributed by atoms with Crippen LogP contribution in [0.25, 0.3) is 0 Å². The van der Waals surface area contributed by atoms with Gasteiger partial charge in [0.1, 0.15) is 4.90 Å². The van der Waals surface area contributed by atoms with E-state index in [4.69, 9.17) is 0 Å².